The summed E-state index contributed by atoms with van der Waals surface area (Å²) in [5.41, 5.74) is -0.0858. The summed E-state index contributed by atoms with van der Waals surface area (Å²) < 4.78 is 62.1. The molecule has 1 heterocycles. The van der Waals surface area contributed by atoms with Gasteiger partial charge in [0.05, 0.1) is 6.20 Å². The zero-order valence-electron chi connectivity index (χ0n) is 14.9. The summed E-state index contributed by atoms with van der Waals surface area (Å²) in [5.74, 6) is -3.34. The predicted octanol–water partition coefficient (Wildman–Crippen LogP) is 6.25. The Hall–Kier alpha value is -1.82. The van der Waals surface area contributed by atoms with E-state index in [9.17, 15) is 27.5 Å². The zero-order valence-corrected chi connectivity index (χ0v) is 17.9. The van der Waals surface area contributed by atoms with Gasteiger partial charge in [-0.05, 0) is 41.5 Å². The Balaban J connectivity index is 2.39. The molecule has 0 spiro atoms. The summed E-state index contributed by atoms with van der Waals surface area (Å²) in [7, 11) is 0. The van der Waals surface area contributed by atoms with Crippen molar-refractivity contribution in [3.8, 4) is 17.4 Å². The molecule has 0 bridgehead atoms. The summed E-state index contributed by atoms with van der Waals surface area (Å²) in [6, 6.07) is 2.33. The van der Waals surface area contributed by atoms with Crippen LogP contribution >= 0.6 is 34.2 Å². The summed E-state index contributed by atoms with van der Waals surface area (Å²) in [6.07, 6.45) is -1.58. The predicted molar refractivity (Wildman–Crippen MR) is 106 cm³/mol. The smallest absolute Gasteiger partial charge is 0.422 e. The number of hydrogen-bond donors (Lipinski definition) is 1. The Morgan fingerprint density at radius 1 is 1.34 bits per heavy atom. The lowest BCUT2D eigenvalue weighted by atomic mass is 10.0. The average Bonchev–Trinajstić information content (AvgIpc) is 2.62. The maximum Gasteiger partial charge on any atom is 0.422 e. The fraction of sp³-hybridized carbons (Fsp3) is 0.333. The van der Waals surface area contributed by atoms with Crippen molar-refractivity contribution in [3.05, 3.63) is 43.9 Å². The van der Waals surface area contributed by atoms with E-state index in [2.05, 4.69) is 9.72 Å². The molecule has 0 atom stereocenters. The zero-order chi connectivity index (χ0) is 21.8. The van der Waals surface area contributed by atoms with Crippen LogP contribution in [0.1, 0.15) is 35.7 Å². The molecule has 0 radical (unpaired) electrons. The van der Waals surface area contributed by atoms with Gasteiger partial charge in [-0.15, -0.1) is 0 Å². The van der Waals surface area contributed by atoms with Crippen LogP contribution in [0.25, 0.3) is 0 Å². The number of hydrogen-bond acceptors (Lipinski definition) is 4. The molecule has 0 fully saturated rings. The maximum absolute atomic E-state index is 14.8. The number of carbonyl (C=O) groups is 1. The van der Waals surface area contributed by atoms with Gasteiger partial charge in [0.2, 0.25) is 5.88 Å². The van der Waals surface area contributed by atoms with Gasteiger partial charge in [0.1, 0.15) is 16.3 Å². The normalized spacial score (nSPS) is 11.4. The van der Waals surface area contributed by atoms with Gasteiger partial charge in [0.15, 0.2) is 18.2 Å². The van der Waals surface area contributed by atoms with Crippen molar-refractivity contribution < 1.29 is 36.9 Å². The molecular weight excluding hydrogens is 533 g/mol. The maximum atomic E-state index is 14.8. The first-order valence-electron chi connectivity index (χ1n) is 8.30. The van der Waals surface area contributed by atoms with Crippen LogP contribution in [-0.4, -0.2) is 28.8 Å². The molecule has 0 unspecified atom stereocenters. The van der Waals surface area contributed by atoms with Gasteiger partial charge in [0, 0.05) is 15.2 Å². The Morgan fingerprint density at radius 2 is 2.03 bits per heavy atom. The highest BCUT2D eigenvalue weighted by Crippen LogP contribution is 2.37. The highest BCUT2D eigenvalue weighted by molar-refractivity contribution is 14.1. The van der Waals surface area contributed by atoms with Gasteiger partial charge < -0.3 is 14.6 Å². The van der Waals surface area contributed by atoms with Crippen LogP contribution in [0.5, 0.6) is 17.4 Å². The number of aromatic carboxylic acids is 1. The fourth-order valence-corrected chi connectivity index (χ4v) is 3.36. The van der Waals surface area contributed by atoms with Crippen molar-refractivity contribution in [2.75, 3.05) is 6.61 Å². The second kappa shape index (κ2) is 9.79. The number of halogens is 6. The number of alkyl halides is 3. The first-order chi connectivity index (χ1) is 13.5. The number of pyridine rings is 1. The molecular formula is C18H15ClF4INO4. The largest absolute Gasteiger partial charge is 0.478 e. The van der Waals surface area contributed by atoms with E-state index in [1.165, 1.54) is 6.07 Å². The third-order valence-electron chi connectivity index (χ3n) is 3.65. The quantitative estimate of drug-likeness (QED) is 0.312. The van der Waals surface area contributed by atoms with Gasteiger partial charge in [-0.25, -0.2) is 14.2 Å². The molecule has 0 aliphatic rings. The molecule has 0 saturated heterocycles. The van der Waals surface area contributed by atoms with E-state index in [-0.39, 0.29) is 16.5 Å². The number of benzene rings is 1. The third kappa shape index (κ3) is 6.33. The average molecular weight is 548 g/mol. The molecule has 1 N–H and O–H groups in total. The molecule has 2 rings (SSSR count). The van der Waals surface area contributed by atoms with Crippen LogP contribution in [0, 0.1) is 9.39 Å². The van der Waals surface area contributed by atoms with Crippen LogP contribution in [0.4, 0.5) is 17.6 Å². The van der Waals surface area contributed by atoms with E-state index in [0.29, 0.717) is 22.0 Å². The van der Waals surface area contributed by atoms with Crippen molar-refractivity contribution in [3.63, 3.8) is 0 Å². The molecule has 0 aliphatic carbocycles. The number of unbranched alkanes of at least 4 members (excludes halogenated alkanes) is 1. The summed E-state index contributed by atoms with van der Waals surface area (Å²) >= 11 is 7.77. The number of carboxylic acids is 1. The van der Waals surface area contributed by atoms with Crippen molar-refractivity contribution >= 4 is 40.2 Å². The van der Waals surface area contributed by atoms with Crippen LogP contribution in [0.3, 0.4) is 0 Å². The molecule has 1 aromatic heterocycles. The lowest BCUT2D eigenvalue weighted by Crippen LogP contribution is -2.19. The van der Waals surface area contributed by atoms with Crippen LogP contribution < -0.4 is 9.47 Å². The number of ether oxygens (including phenoxy) is 2. The number of rotatable bonds is 8. The topological polar surface area (TPSA) is 68.7 Å². The van der Waals surface area contributed by atoms with E-state index < -0.39 is 36.0 Å². The Labute approximate surface area is 182 Å². The van der Waals surface area contributed by atoms with Gasteiger partial charge in [-0.1, -0.05) is 24.9 Å². The standard InChI is InChI=1S/C18H15ClF4INO4/c1-2-3-4-10-13(24)6-11(17(26)27)14(20)15(10)29-9-5-12(19)16(25-7-9)28-8-18(21,22)23/h5-7H,2-4,8H2,1H3,(H,26,27). The fourth-order valence-electron chi connectivity index (χ4n) is 2.33. The molecule has 1 aromatic carbocycles. The second-order valence-electron chi connectivity index (χ2n) is 5.90. The van der Waals surface area contributed by atoms with E-state index in [4.69, 9.17) is 16.3 Å². The summed E-state index contributed by atoms with van der Waals surface area (Å²) in [6.45, 7) is 0.368. The van der Waals surface area contributed by atoms with Gasteiger partial charge >= 0.3 is 12.1 Å². The monoisotopic (exact) mass is 547 g/mol. The number of carboxylic acid groups (broad SMARTS) is 1. The van der Waals surface area contributed by atoms with Crippen LogP contribution in [0.2, 0.25) is 5.02 Å². The van der Waals surface area contributed by atoms with Crippen LogP contribution in [0.15, 0.2) is 18.3 Å². The Bertz CT molecular complexity index is 908. The Kier molecular flexibility index (Phi) is 7.92. The second-order valence-corrected chi connectivity index (χ2v) is 7.47. The first-order valence-corrected chi connectivity index (χ1v) is 9.76. The minimum absolute atomic E-state index is 0.0793. The summed E-state index contributed by atoms with van der Waals surface area (Å²) in [5, 5.41) is 8.94. The molecule has 5 nitrogen and oxygen atoms in total. The van der Waals surface area contributed by atoms with Crippen LogP contribution in [-0.2, 0) is 6.42 Å². The van der Waals surface area contributed by atoms with E-state index in [1.54, 1.807) is 0 Å². The molecule has 2 aromatic rings. The van der Waals surface area contributed by atoms with E-state index in [0.717, 1.165) is 18.7 Å². The molecule has 158 valence electrons. The van der Waals surface area contributed by atoms with Gasteiger partial charge in [-0.3, -0.25) is 0 Å². The van der Waals surface area contributed by atoms with E-state index >= 15 is 0 Å². The highest BCUT2D eigenvalue weighted by Gasteiger charge is 2.29. The Morgan fingerprint density at radius 3 is 2.59 bits per heavy atom. The SMILES string of the molecule is CCCCc1c(I)cc(C(=O)O)c(F)c1Oc1cnc(OCC(F)(F)F)c(Cl)c1. The van der Waals surface area contributed by atoms with Gasteiger partial charge in [0.25, 0.3) is 0 Å². The number of nitrogens with zero attached hydrogens (tertiary/aromatic N) is 1. The van der Waals surface area contributed by atoms with Crippen molar-refractivity contribution in [2.24, 2.45) is 0 Å². The van der Waals surface area contributed by atoms with Crippen molar-refractivity contribution in [1.29, 1.82) is 0 Å². The van der Waals surface area contributed by atoms with Crippen molar-refractivity contribution in [1.82, 2.24) is 4.98 Å². The van der Waals surface area contributed by atoms with E-state index in [1.807, 2.05) is 29.5 Å². The lowest BCUT2D eigenvalue weighted by molar-refractivity contribution is -0.154. The minimum atomic E-state index is -4.56. The third-order valence-corrected chi connectivity index (χ3v) is 4.89. The number of aromatic nitrogens is 1. The molecule has 29 heavy (non-hydrogen) atoms. The molecule has 0 saturated carbocycles. The first kappa shape index (κ1) is 23.5. The lowest BCUT2D eigenvalue weighted by Gasteiger charge is -2.16. The minimum Gasteiger partial charge on any atom is -0.478 e. The summed E-state index contributed by atoms with van der Waals surface area (Å²) in [4.78, 5) is 15.0. The van der Waals surface area contributed by atoms with Gasteiger partial charge in [-0.2, -0.15) is 13.2 Å². The molecule has 0 amide bonds. The highest BCUT2D eigenvalue weighted by atomic mass is 127. The molecule has 11 heteroatoms. The molecule has 0 aliphatic heterocycles. The van der Waals surface area contributed by atoms with Crippen molar-refractivity contribution in [2.45, 2.75) is 32.4 Å².